The van der Waals surface area contributed by atoms with Crippen LogP contribution in [0.3, 0.4) is 0 Å². The second kappa shape index (κ2) is 7.59. The summed E-state index contributed by atoms with van der Waals surface area (Å²) < 4.78 is 19.7. The van der Waals surface area contributed by atoms with Gasteiger partial charge in [0.25, 0.3) is 5.91 Å². The van der Waals surface area contributed by atoms with E-state index in [1.165, 1.54) is 6.07 Å². The number of ether oxygens (including phenoxy) is 1. The Morgan fingerprint density at radius 3 is 2.54 bits per heavy atom. The van der Waals surface area contributed by atoms with E-state index < -0.39 is 29.6 Å². The van der Waals surface area contributed by atoms with Crippen molar-refractivity contribution in [1.82, 2.24) is 5.32 Å². The molecule has 2 N–H and O–H groups in total. The van der Waals surface area contributed by atoms with E-state index in [0.29, 0.717) is 11.3 Å². The first-order valence-corrected chi connectivity index (χ1v) is 8.95. The van der Waals surface area contributed by atoms with E-state index in [4.69, 9.17) is 16.3 Å². The number of rotatable bonds is 2. The summed E-state index contributed by atoms with van der Waals surface area (Å²) in [6, 6.07) is 11.0. The Balaban J connectivity index is 2.08. The van der Waals surface area contributed by atoms with Crippen LogP contribution in [0.25, 0.3) is 0 Å². The first-order chi connectivity index (χ1) is 13.2. The van der Waals surface area contributed by atoms with Gasteiger partial charge in [0.15, 0.2) is 0 Å². The number of anilines is 1. The number of hydrogen-bond acceptors (Lipinski definition) is 4. The maximum atomic E-state index is 14.5. The zero-order valence-corrected chi connectivity index (χ0v) is 16.3. The van der Waals surface area contributed by atoms with Crippen LogP contribution in [0.2, 0.25) is 5.02 Å². The minimum atomic E-state index is -1.33. The van der Waals surface area contributed by atoms with Crippen molar-refractivity contribution in [2.24, 2.45) is 4.99 Å². The molecule has 0 aromatic heterocycles. The summed E-state index contributed by atoms with van der Waals surface area (Å²) in [5.74, 6) is -1.14. The van der Waals surface area contributed by atoms with E-state index in [2.05, 4.69) is 15.6 Å². The minimum absolute atomic E-state index is 0.179. The van der Waals surface area contributed by atoms with Gasteiger partial charge in [-0.05, 0) is 39.0 Å². The van der Waals surface area contributed by atoms with Crippen molar-refractivity contribution in [3.8, 4) is 0 Å². The third-order valence-electron chi connectivity index (χ3n) is 3.81. The normalized spacial score (nSPS) is 16.4. The lowest BCUT2D eigenvalue weighted by Crippen LogP contribution is -2.44. The van der Waals surface area contributed by atoms with Crippen LogP contribution in [0.5, 0.6) is 0 Å². The van der Waals surface area contributed by atoms with Gasteiger partial charge in [-0.3, -0.25) is 10.1 Å². The van der Waals surface area contributed by atoms with Crippen molar-refractivity contribution in [3.05, 3.63) is 64.4 Å². The molecule has 0 radical (unpaired) electrons. The predicted octanol–water partition coefficient (Wildman–Crippen LogP) is 4.12. The number of carbonyl (C=O) groups is 2. The number of amides is 2. The molecule has 3 rings (SSSR count). The van der Waals surface area contributed by atoms with Gasteiger partial charge in [0.05, 0.1) is 16.4 Å². The molecule has 2 aromatic carbocycles. The molecule has 8 heteroatoms. The summed E-state index contributed by atoms with van der Waals surface area (Å²) in [5.41, 5.74) is 0.355. The molecule has 2 amide bonds. The molecule has 0 unspecified atom stereocenters. The SMILES string of the molecule is CC(C)(C)OC(=O)N[C@H]1N=C(c2ccccc2F)c2cccc(Cl)c2NC1=O. The molecule has 0 spiro atoms. The van der Waals surface area contributed by atoms with Crippen LogP contribution in [-0.4, -0.2) is 29.5 Å². The Morgan fingerprint density at radius 2 is 1.86 bits per heavy atom. The molecule has 1 atom stereocenters. The lowest BCUT2D eigenvalue weighted by molar-refractivity contribution is -0.118. The first-order valence-electron chi connectivity index (χ1n) is 8.57. The number of hydrogen-bond donors (Lipinski definition) is 2. The number of alkyl carbamates (subject to hydrolysis) is 1. The number of para-hydroxylation sites is 1. The number of halogens is 2. The van der Waals surface area contributed by atoms with Crippen LogP contribution in [0.1, 0.15) is 31.9 Å². The van der Waals surface area contributed by atoms with Crippen LogP contribution in [0.15, 0.2) is 47.5 Å². The average molecular weight is 404 g/mol. The van der Waals surface area contributed by atoms with Crippen molar-refractivity contribution in [1.29, 1.82) is 0 Å². The Kier molecular flexibility index (Phi) is 5.38. The molecular weight excluding hydrogens is 385 g/mol. The quantitative estimate of drug-likeness (QED) is 0.791. The number of nitrogens with one attached hydrogen (secondary N) is 2. The second-order valence-corrected chi connectivity index (χ2v) is 7.57. The van der Waals surface area contributed by atoms with E-state index in [1.54, 1.807) is 57.2 Å². The number of aliphatic imine (C=N–C) groups is 1. The highest BCUT2D eigenvalue weighted by Crippen LogP contribution is 2.31. The van der Waals surface area contributed by atoms with Gasteiger partial charge in [0, 0.05) is 11.1 Å². The first kappa shape index (κ1) is 19.8. The predicted molar refractivity (Wildman–Crippen MR) is 105 cm³/mol. The number of benzodiazepines with no additional fused rings is 1. The number of carbonyl (C=O) groups excluding carboxylic acids is 2. The van der Waals surface area contributed by atoms with Gasteiger partial charge in [-0.1, -0.05) is 35.9 Å². The summed E-state index contributed by atoms with van der Waals surface area (Å²) in [7, 11) is 0. The standard InChI is InChI=1S/C20H19ClFN3O3/c1-20(2,3)28-19(27)25-17-18(26)24-16-12(8-6-9-13(16)21)15(23-17)11-7-4-5-10-14(11)22/h4-10,17H,1-3H3,(H,24,26)(H,25,27)/t17-/m1/s1. The van der Waals surface area contributed by atoms with E-state index >= 15 is 0 Å². The number of benzene rings is 2. The van der Waals surface area contributed by atoms with Crippen LogP contribution < -0.4 is 10.6 Å². The van der Waals surface area contributed by atoms with Gasteiger partial charge in [0.1, 0.15) is 11.4 Å². The van der Waals surface area contributed by atoms with Gasteiger partial charge >= 0.3 is 6.09 Å². The summed E-state index contributed by atoms with van der Waals surface area (Å²) in [6.45, 7) is 5.09. The van der Waals surface area contributed by atoms with Crippen molar-refractivity contribution in [2.45, 2.75) is 32.5 Å². The third kappa shape index (κ3) is 4.31. The van der Waals surface area contributed by atoms with Crippen molar-refractivity contribution < 1.29 is 18.7 Å². The van der Waals surface area contributed by atoms with Gasteiger partial charge in [-0.2, -0.15) is 0 Å². The smallest absolute Gasteiger partial charge is 0.409 e. The van der Waals surface area contributed by atoms with Crippen LogP contribution in [-0.2, 0) is 9.53 Å². The summed E-state index contributed by atoms with van der Waals surface area (Å²) in [6.07, 6.45) is -2.14. The Bertz CT molecular complexity index is 969. The maximum absolute atomic E-state index is 14.5. The number of nitrogens with zero attached hydrogens (tertiary/aromatic N) is 1. The molecule has 6 nitrogen and oxygen atoms in total. The molecule has 0 aliphatic carbocycles. The van der Waals surface area contributed by atoms with E-state index in [0.717, 1.165) is 0 Å². The van der Waals surface area contributed by atoms with Crippen LogP contribution in [0.4, 0.5) is 14.9 Å². The highest BCUT2D eigenvalue weighted by Gasteiger charge is 2.30. The second-order valence-electron chi connectivity index (χ2n) is 7.16. The fourth-order valence-electron chi connectivity index (χ4n) is 2.68. The molecule has 28 heavy (non-hydrogen) atoms. The monoisotopic (exact) mass is 403 g/mol. The largest absolute Gasteiger partial charge is 0.444 e. The topological polar surface area (TPSA) is 79.8 Å². The van der Waals surface area contributed by atoms with Crippen LogP contribution in [0, 0.1) is 5.82 Å². The average Bonchev–Trinajstić information content (AvgIpc) is 2.72. The Morgan fingerprint density at radius 1 is 1.18 bits per heavy atom. The van der Waals surface area contributed by atoms with Crippen molar-refractivity contribution >= 4 is 35.0 Å². The lowest BCUT2D eigenvalue weighted by atomic mass is 10.00. The van der Waals surface area contributed by atoms with Gasteiger partial charge < -0.3 is 10.1 Å². The molecule has 0 fully saturated rings. The van der Waals surface area contributed by atoms with E-state index in [1.807, 2.05) is 0 Å². The summed E-state index contributed by atoms with van der Waals surface area (Å²) >= 11 is 6.24. The highest BCUT2D eigenvalue weighted by atomic mass is 35.5. The molecule has 0 saturated heterocycles. The summed E-state index contributed by atoms with van der Waals surface area (Å²) in [4.78, 5) is 29.1. The van der Waals surface area contributed by atoms with E-state index in [-0.39, 0.29) is 16.3 Å². The zero-order valence-electron chi connectivity index (χ0n) is 15.5. The molecule has 0 bridgehead atoms. The molecular formula is C20H19ClFN3O3. The van der Waals surface area contributed by atoms with E-state index in [9.17, 15) is 14.0 Å². The molecule has 2 aromatic rings. The molecule has 146 valence electrons. The van der Waals surface area contributed by atoms with Crippen molar-refractivity contribution in [3.63, 3.8) is 0 Å². The fourth-order valence-corrected chi connectivity index (χ4v) is 2.90. The maximum Gasteiger partial charge on any atom is 0.409 e. The number of fused-ring (bicyclic) bond motifs is 1. The molecule has 1 heterocycles. The fraction of sp³-hybridized carbons (Fsp3) is 0.250. The van der Waals surface area contributed by atoms with Gasteiger partial charge in [-0.25, -0.2) is 14.2 Å². The van der Waals surface area contributed by atoms with Crippen LogP contribution >= 0.6 is 11.6 Å². The summed E-state index contributed by atoms with van der Waals surface area (Å²) in [5, 5.41) is 5.33. The Hall–Kier alpha value is -2.93. The molecule has 1 aliphatic rings. The Labute approximate surface area is 166 Å². The third-order valence-corrected chi connectivity index (χ3v) is 4.12. The van der Waals surface area contributed by atoms with Crippen molar-refractivity contribution in [2.75, 3.05) is 5.32 Å². The van der Waals surface area contributed by atoms with Gasteiger partial charge in [0.2, 0.25) is 6.17 Å². The zero-order chi connectivity index (χ0) is 20.5. The molecule has 1 aliphatic heterocycles. The lowest BCUT2D eigenvalue weighted by Gasteiger charge is -2.21. The molecule has 0 saturated carbocycles. The minimum Gasteiger partial charge on any atom is -0.444 e. The van der Waals surface area contributed by atoms with Gasteiger partial charge in [-0.15, -0.1) is 0 Å². The highest BCUT2D eigenvalue weighted by molar-refractivity contribution is 6.36.